The van der Waals surface area contributed by atoms with Gasteiger partial charge in [-0.2, -0.15) is 0 Å². The summed E-state index contributed by atoms with van der Waals surface area (Å²) in [4.78, 5) is 0. The molecular weight excluding hydrogens is 246 g/mol. The summed E-state index contributed by atoms with van der Waals surface area (Å²) in [5.41, 5.74) is 3.18. The monoisotopic (exact) mass is 273 g/mol. The average molecular weight is 273 g/mol. The fourth-order valence-electron chi connectivity index (χ4n) is 4.00. The third-order valence-corrected chi connectivity index (χ3v) is 4.94. The van der Waals surface area contributed by atoms with E-state index in [9.17, 15) is 0 Å². The zero-order valence-corrected chi connectivity index (χ0v) is 12.8. The molecule has 2 aliphatic carbocycles. The van der Waals surface area contributed by atoms with E-state index in [1.165, 1.54) is 25.7 Å². The Labute approximate surface area is 122 Å². The van der Waals surface area contributed by atoms with Gasteiger partial charge in [-0.1, -0.05) is 24.3 Å². The summed E-state index contributed by atoms with van der Waals surface area (Å²) in [5.74, 6) is 1.64. The van der Waals surface area contributed by atoms with E-state index < -0.39 is 0 Å². The van der Waals surface area contributed by atoms with Crippen molar-refractivity contribution in [2.75, 3.05) is 13.2 Å². The van der Waals surface area contributed by atoms with E-state index in [0.717, 1.165) is 25.0 Å². The van der Waals surface area contributed by atoms with Gasteiger partial charge in [-0.3, -0.25) is 0 Å². The van der Waals surface area contributed by atoms with Crippen LogP contribution in [0.2, 0.25) is 0 Å². The summed E-state index contributed by atoms with van der Waals surface area (Å²) in [6.07, 6.45) is 5.64. The maximum absolute atomic E-state index is 5.65. The van der Waals surface area contributed by atoms with Gasteiger partial charge in [0.05, 0.1) is 12.7 Å². The van der Waals surface area contributed by atoms with E-state index >= 15 is 0 Å². The predicted octanol–water partition coefficient (Wildman–Crippen LogP) is 3.19. The van der Waals surface area contributed by atoms with E-state index in [1.807, 2.05) is 0 Å². The number of nitrogens with one attached hydrogen (secondary N) is 1. The fraction of sp³-hybridized carbons (Fsp3) is 0.667. The molecule has 1 saturated carbocycles. The minimum atomic E-state index is 0.340. The van der Waals surface area contributed by atoms with Gasteiger partial charge in [-0.15, -0.1) is 0 Å². The lowest BCUT2D eigenvalue weighted by atomic mass is 9.94. The number of benzene rings is 1. The van der Waals surface area contributed by atoms with Crippen LogP contribution in [0.25, 0.3) is 0 Å². The highest BCUT2D eigenvalue weighted by molar-refractivity contribution is 5.30. The largest absolute Gasteiger partial charge is 0.377 e. The Morgan fingerprint density at radius 3 is 2.25 bits per heavy atom. The van der Waals surface area contributed by atoms with Gasteiger partial charge in [0.25, 0.3) is 0 Å². The van der Waals surface area contributed by atoms with E-state index in [0.29, 0.717) is 12.1 Å². The molecule has 2 atom stereocenters. The first-order chi connectivity index (χ1) is 9.74. The van der Waals surface area contributed by atoms with Crippen LogP contribution >= 0.6 is 0 Å². The molecule has 1 aromatic rings. The molecule has 1 N–H and O–H groups in total. The van der Waals surface area contributed by atoms with Crippen molar-refractivity contribution in [2.45, 2.75) is 51.7 Å². The Morgan fingerprint density at radius 1 is 1.10 bits per heavy atom. The summed E-state index contributed by atoms with van der Waals surface area (Å²) in [6, 6.07) is 9.73. The molecule has 3 rings (SSSR count). The first kappa shape index (κ1) is 14.1. The molecule has 20 heavy (non-hydrogen) atoms. The Bertz CT molecular complexity index is 410. The third-order valence-electron chi connectivity index (χ3n) is 4.94. The molecule has 1 aromatic carbocycles. The Morgan fingerprint density at radius 2 is 1.70 bits per heavy atom. The molecule has 0 amide bonds. The zero-order valence-electron chi connectivity index (χ0n) is 12.8. The van der Waals surface area contributed by atoms with Gasteiger partial charge >= 0.3 is 0 Å². The molecule has 2 nitrogen and oxygen atoms in total. The lowest BCUT2D eigenvalue weighted by molar-refractivity contribution is 0.0775. The topological polar surface area (TPSA) is 21.3 Å². The predicted molar refractivity (Wildman–Crippen MR) is 82.9 cm³/mol. The van der Waals surface area contributed by atoms with Crippen LogP contribution in [-0.4, -0.2) is 25.3 Å². The van der Waals surface area contributed by atoms with E-state index in [4.69, 9.17) is 4.74 Å². The van der Waals surface area contributed by atoms with Crippen molar-refractivity contribution in [2.24, 2.45) is 11.8 Å². The molecular formula is C18H27NO. The standard InChI is InChI=1S/C18H27NO/c1-13(2)20-10-9-19-18-16-7-8-17(18)12-15-6-4-3-5-14(15)11-16/h3-6,13,16-19H,7-12H2,1-2H3. The Balaban J connectivity index is 1.61. The lowest BCUT2D eigenvalue weighted by Gasteiger charge is -2.24. The van der Waals surface area contributed by atoms with Crippen molar-refractivity contribution in [1.29, 1.82) is 0 Å². The molecule has 110 valence electrons. The lowest BCUT2D eigenvalue weighted by Crippen LogP contribution is -2.40. The van der Waals surface area contributed by atoms with Gasteiger partial charge in [0.2, 0.25) is 0 Å². The fourth-order valence-corrected chi connectivity index (χ4v) is 4.00. The van der Waals surface area contributed by atoms with Crippen LogP contribution in [-0.2, 0) is 17.6 Å². The van der Waals surface area contributed by atoms with Crippen LogP contribution in [0.5, 0.6) is 0 Å². The maximum atomic E-state index is 5.65. The molecule has 2 heteroatoms. The quantitative estimate of drug-likeness (QED) is 0.832. The van der Waals surface area contributed by atoms with Crippen molar-refractivity contribution in [3.63, 3.8) is 0 Å². The van der Waals surface area contributed by atoms with Crippen LogP contribution in [0, 0.1) is 11.8 Å². The second-order valence-electron chi connectivity index (χ2n) is 6.67. The molecule has 0 heterocycles. The minimum absolute atomic E-state index is 0.340. The second-order valence-corrected chi connectivity index (χ2v) is 6.67. The van der Waals surface area contributed by atoms with Crippen LogP contribution in [0.3, 0.4) is 0 Å². The number of hydrogen-bond donors (Lipinski definition) is 1. The summed E-state index contributed by atoms with van der Waals surface area (Å²) in [5, 5.41) is 3.79. The van der Waals surface area contributed by atoms with Crippen LogP contribution in [0.15, 0.2) is 24.3 Å². The van der Waals surface area contributed by atoms with Crippen molar-refractivity contribution in [3.8, 4) is 0 Å². The number of rotatable bonds is 5. The van der Waals surface area contributed by atoms with Crippen molar-refractivity contribution in [1.82, 2.24) is 5.32 Å². The SMILES string of the molecule is CC(C)OCCNC1C2CCC1Cc1ccccc1C2. The molecule has 1 fully saturated rings. The summed E-state index contributed by atoms with van der Waals surface area (Å²) < 4.78 is 5.65. The maximum Gasteiger partial charge on any atom is 0.0594 e. The van der Waals surface area contributed by atoms with Gasteiger partial charge < -0.3 is 10.1 Å². The highest BCUT2D eigenvalue weighted by atomic mass is 16.5. The van der Waals surface area contributed by atoms with Gasteiger partial charge in [0.15, 0.2) is 0 Å². The molecule has 0 saturated heterocycles. The van der Waals surface area contributed by atoms with Crippen LogP contribution < -0.4 is 5.32 Å². The molecule has 0 spiro atoms. The first-order valence-electron chi connectivity index (χ1n) is 8.16. The summed E-state index contributed by atoms with van der Waals surface area (Å²) in [7, 11) is 0. The van der Waals surface area contributed by atoms with Crippen molar-refractivity contribution < 1.29 is 4.74 Å². The summed E-state index contributed by atoms with van der Waals surface area (Å²) in [6.45, 7) is 6.03. The number of hydrogen-bond acceptors (Lipinski definition) is 2. The minimum Gasteiger partial charge on any atom is -0.377 e. The highest BCUT2D eigenvalue weighted by Gasteiger charge is 2.38. The first-order valence-corrected chi connectivity index (χ1v) is 8.16. The van der Waals surface area contributed by atoms with Gasteiger partial charge in [-0.05, 0) is 62.5 Å². The Kier molecular flexibility index (Phi) is 4.42. The smallest absolute Gasteiger partial charge is 0.0594 e. The average Bonchev–Trinajstić information content (AvgIpc) is 2.69. The molecule has 0 aromatic heterocycles. The van der Waals surface area contributed by atoms with Crippen molar-refractivity contribution >= 4 is 0 Å². The molecule has 2 aliphatic rings. The third kappa shape index (κ3) is 3.07. The Hall–Kier alpha value is -0.860. The van der Waals surface area contributed by atoms with Crippen LogP contribution in [0.1, 0.15) is 37.8 Å². The number of fused-ring (bicyclic) bond motifs is 3. The van der Waals surface area contributed by atoms with E-state index in [2.05, 4.69) is 43.4 Å². The summed E-state index contributed by atoms with van der Waals surface area (Å²) >= 11 is 0. The van der Waals surface area contributed by atoms with Gasteiger partial charge in [0, 0.05) is 12.6 Å². The molecule has 0 aliphatic heterocycles. The van der Waals surface area contributed by atoms with Crippen LogP contribution in [0.4, 0.5) is 0 Å². The van der Waals surface area contributed by atoms with E-state index in [1.54, 1.807) is 11.1 Å². The van der Waals surface area contributed by atoms with Gasteiger partial charge in [0.1, 0.15) is 0 Å². The highest BCUT2D eigenvalue weighted by Crippen LogP contribution is 2.39. The normalized spacial score (nSPS) is 28.4. The van der Waals surface area contributed by atoms with Gasteiger partial charge in [-0.25, -0.2) is 0 Å². The second kappa shape index (κ2) is 6.28. The zero-order chi connectivity index (χ0) is 13.9. The molecule has 2 unspecified atom stereocenters. The van der Waals surface area contributed by atoms with E-state index in [-0.39, 0.29) is 0 Å². The molecule has 2 bridgehead atoms. The van der Waals surface area contributed by atoms with Crippen molar-refractivity contribution in [3.05, 3.63) is 35.4 Å². The molecule has 0 radical (unpaired) electrons. The number of ether oxygens (including phenoxy) is 1.